The standard InChI is InChI=1S/C25H20N2O2S/c1-16-12-13-17(2)23-22(16)26-25(30-23)27(15-19-9-6-14-29-19)24(28)21-11-5-8-18-7-3-4-10-20(18)21/h3-14H,15H2,1-2H3. The Bertz CT molecular complexity index is 1320. The fourth-order valence-corrected chi connectivity index (χ4v) is 4.81. The van der Waals surface area contributed by atoms with E-state index in [-0.39, 0.29) is 5.91 Å². The van der Waals surface area contributed by atoms with Gasteiger partial charge in [-0.3, -0.25) is 9.69 Å². The molecule has 2 heterocycles. The maximum absolute atomic E-state index is 13.8. The van der Waals surface area contributed by atoms with E-state index in [0.29, 0.717) is 17.2 Å². The van der Waals surface area contributed by atoms with Crippen LogP contribution in [-0.4, -0.2) is 10.9 Å². The first kappa shape index (κ1) is 18.6. The van der Waals surface area contributed by atoms with E-state index in [1.165, 1.54) is 0 Å². The zero-order valence-corrected chi connectivity index (χ0v) is 17.6. The van der Waals surface area contributed by atoms with Crippen molar-refractivity contribution >= 4 is 43.4 Å². The lowest BCUT2D eigenvalue weighted by Crippen LogP contribution is -2.30. The van der Waals surface area contributed by atoms with Crippen LogP contribution in [0.2, 0.25) is 0 Å². The van der Waals surface area contributed by atoms with Crippen molar-refractivity contribution in [2.24, 2.45) is 0 Å². The third kappa shape index (κ3) is 3.17. The fourth-order valence-electron chi connectivity index (χ4n) is 3.71. The van der Waals surface area contributed by atoms with Crippen LogP contribution in [0.25, 0.3) is 21.0 Å². The minimum absolute atomic E-state index is 0.0856. The minimum Gasteiger partial charge on any atom is -0.467 e. The Kier molecular flexibility index (Phi) is 4.60. The number of aromatic nitrogens is 1. The molecule has 5 rings (SSSR count). The quantitative estimate of drug-likeness (QED) is 0.338. The molecule has 30 heavy (non-hydrogen) atoms. The summed E-state index contributed by atoms with van der Waals surface area (Å²) in [7, 11) is 0. The summed E-state index contributed by atoms with van der Waals surface area (Å²) in [5.41, 5.74) is 3.88. The van der Waals surface area contributed by atoms with Crippen LogP contribution in [-0.2, 0) is 6.54 Å². The van der Waals surface area contributed by atoms with Crippen molar-refractivity contribution in [3.05, 3.63) is 95.4 Å². The minimum atomic E-state index is -0.0856. The number of amides is 1. The van der Waals surface area contributed by atoms with Crippen LogP contribution in [0.3, 0.4) is 0 Å². The highest BCUT2D eigenvalue weighted by Gasteiger charge is 2.24. The first-order valence-corrected chi connectivity index (χ1v) is 10.6. The summed E-state index contributed by atoms with van der Waals surface area (Å²) in [4.78, 5) is 20.4. The monoisotopic (exact) mass is 412 g/mol. The van der Waals surface area contributed by atoms with Crippen LogP contribution in [0.5, 0.6) is 0 Å². The highest BCUT2D eigenvalue weighted by Crippen LogP contribution is 2.35. The molecule has 0 bridgehead atoms. The molecule has 0 atom stereocenters. The second kappa shape index (κ2) is 7.43. The summed E-state index contributed by atoms with van der Waals surface area (Å²) in [5.74, 6) is 0.633. The molecule has 0 saturated carbocycles. The van der Waals surface area contributed by atoms with Crippen molar-refractivity contribution in [3.8, 4) is 0 Å². The van der Waals surface area contributed by atoms with E-state index in [9.17, 15) is 4.79 Å². The number of aryl methyl sites for hydroxylation is 2. The van der Waals surface area contributed by atoms with Crippen LogP contribution in [0.1, 0.15) is 27.2 Å². The molecule has 0 radical (unpaired) electrons. The van der Waals surface area contributed by atoms with Gasteiger partial charge in [-0.15, -0.1) is 0 Å². The zero-order chi connectivity index (χ0) is 20.7. The molecule has 2 aromatic heterocycles. The molecule has 1 amide bonds. The van der Waals surface area contributed by atoms with Gasteiger partial charge in [0, 0.05) is 5.56 Å². The van der Waals surface area contributed by atoms with Gasteiger partial charge in [0.05, 0.1) is 23.0 Å². The number of hydrogen-bond donors (Lipinski definition) is 0. The topological polar surface area (TPSA) is 46.3 Å². The average molecular weight is 413 g/mol. The first-order valence-electron chi connectivity index (χ1n) is 9.80. The van der Waals surface area contributed by atoms with Crippen molar-refractivity contribution in [3.63, 3.8) is 0 Å². The SMILES string of the molecule is Cc1ccc(C)c2sc(N(Cc3ccco3)C(=O)c3cccc4ccccc34)nc12. The second-order valence-corrected chi connectivity index (χ2v) is 8.35. The van der Waals surface area contributed by atoms with Gasteiger partial charge in [-0.05, 0) is 53.9 Å². The van der Waals surface area contributed by atoms with Crippen molar-refractivity contribution in [1.29, 1.82) is 0 Å². The normalized spacial score (nSPS) is 11.3. The van der Waals surface area contributed by atoms with Crippen molar-refractivity contribution in [2.45, 2.75) is 20.4 Å². The number of furan rings is 1. The largest absolute Gasteiger partial charge is 0.467 e. The summed E-state index contributed by atoms with van der Waals surface area (Å²) in [5, 5.41) is 2.65. The lowest BCUT2D eigenvalue weighted by atomic mass is 10.0. The van der Waals surface area contributed by atoms with Gasteiger partial charge in [0.25, 0.3) is 5.91 Å². The average Bonchev–Trinajstić information content (AvgIpc) is 3.44. The Morgan fingerprint density at radius 3 is 2.57 bits per heavy atom. The number of rotatable bonds is 4. The maximum Gasteiger partial charge on any atom is 0.261 e. The lowest BCUT2D eigenvalue weighted by Gasteiger charge is -2.19. The smallest absolute Gasteiger partial charge is 0.261 e. The molecule has 0 aliphatic carbocycles. The van der Waals surface area contributed by atoms with E-state index in [0.717, 1.165) is 37.9 Å². The Balaban J connectivity index is 1.66. The van der Waals surface area contributed by atoms with Crippen LogP contribution < -0.4 is 4.90 Å². The van der Waals surface area contributed by atoms with Gasteiger partial charge in [0.1, 0.15) is 5.76 Å². The second-order valence-electron chi connectivity index (χ2n) is 7.37. The van der Waals surface area contributed by atoms with Gasteiger partial charge in [0.2, 0.25) is 0 Å². The van der Waals surface area contributed by atoms with E-state index < -0.39 is 0 Å². The molecule has 0 spiro atoms. The van der Waals surface area contributed by atoms with E-state index in [2.05, 4.69) is 26.0 Å². The molecule has 5 heteroatoms. The van der Waals surface area contributed by atoms with Gasteiger partial charge in [-0.2, -0.15) is 0 Å². The molecule has 0 aliphatic rings. The van der Waals surface area contributed by atoms with Crippen LogP contribution in [0, 0.1) is 13.8 Å². The van der Waals surface area contributed by atoms with Crippen LogP contribution >= 0.6 is 11.3 Å². The van der Waals surface area contributed by atoms with Crippen molar-refractivity contribution in [2.75, 3.05) is 4.90 Å². The third-order valence-corrected chi connectivity index (χ3v) is 6.53. The number of thiazole rings is 1. The van der Waals surface area contributed by atoms with E-state index >= 15 is 0 Å². The molecular weight excluding hydrogens is 392 g/mol. The Labute approximate surface area is 178 Å². The highest BCUT2D eigenvalue weighted by molar-refractivity contribution is 7.22. The van der Waals surface area contributed by atoms with Gasteiger partial charge in [-0.1, -0.05) is 59.9 Å². The predicted molar refractivity (Wildman–Crippen MR) is 122 cm³/mol. The summed E-state index contributed by atoms with van der Waals surface area (Å²) >= 11 is 1.55. The van der Waals surface area contributed by atoms with Crippen LogP contribution in [0.4, 0.5) is 5.13 Å². The van der Waals surface area contributed by atoms with Gasteiger partial charge >= 0.3 is 0 Å². The predicted octanol–water partition coefficient (Wildman–Crippen LogP) is 6.51. The highest BCUT2D eigenvalue weighted by atomic mass is 32.1. The Morgan fingerprint density at radius 2 is 1.77 bits per heavy atom. The molecule has 0 saturated heterocycles. The Hall–Kier alpha value is -3.44. The molecule has 4 nitrogen and oxygen atoms in total. The van der Waals surface area contributed by atoms with E-state index in [4.69, 9.17) is 9.40 Å². The maximum atomic E-state index is 13.8. The summed E-state index contributed by atoms with van der Waals surface area (Å²) in [6.07, 6.45) is 1.63. The van der Waals surface area contributed by atoms with Crippen molar-refractivity contribution < 1.29 is 9.21 Å². The first-order chi connectivity index (χ1) is 14.6. The van der Waals surface area contributed by atoms with Gasteiger partial charge in [0.15, 0.2) is 5.13 Å². The fraction of sp³-hybridized carbons (Fsp3) is 0.120. The molecule has 5 aromatic rings. The summed E-state index contributed by atoms with van der Waals surface area (Å²) in [6, 6.07) is 21.7. The molecule has 3 aromatic carbocycles. The molecule has 0 aliphatic heterocycles. The third-order valence-electron chi connectivity index (χ3n) is 5.32. The molecular formula is C25H20N2O2S. The summed E-state index contributed by atoms with van der Waals surface area (Å²) < 4.78 is 6.67. The number of fused-ring (bicyclic) bond motifs is 2. The van der Waals surface area contributed by atoms with Gasteiger partial charge in [-0.25, -0.2) is 4.98 Å². The van der Waals surface area contributed by atoms with E-state index in [1.54, 1.807) is 22.5 Å². The van der Waals surface area contributed by atoms with E-state index in [1.807, 2.05) is 54.6 Å². The van der Waals surface area contributed by atoms with Gasteiger partial charge < -0.3 is 4.42 Å². The number of carbonyl (C=O) groups excluding carboxylic acids is 1. The molecule has 0 N–H and O–H groups in total. The van der Waals surface area contributed by atoms with Crippen LogP contribution in [0.15, 0.2) is 77.4 Å². The lowest BCUT2D eigenvalue weighted by molar-refractivity contribution is 0.0985. The zero-order valence-electron chi connectivity index (χ0n) is 16.8. The number of carbonyl (C=O) groups is 1. The summed E-state index contributed by atoms with van der Waals surface area (Å²) in [6.45, 7) is 4.45. The molecule has 148 valence electrons. The number of nitrogens with zero attached hydrogens (tertiary/aromatic N) is 2. The Morgan fingerprint density at radius 1 is 0.967 bits per heavy atom. The molecule has 0 unspecified atom stereocenters. The molecule has 0 fully saturated rings. The van der Waals surface area contributed by atoms with Crippen molar-refractivity contribution in [1.82, 2.24) is 4.98 Å². The number of hydrogen-bond acceptors (Lipinski definition) is 4. The number of benzene rings is 3. The number of anilines is 1.